The van der Waals surface area contributed by atoms with Crippen LogP contribution in [-0.4, -0.2) is 52.8 Å². The van der Waals surface area contributed by atoms with Crippen molar-refractivity contribution in [3.63, 3.8) is 0 Å². The Bertz CT molecular complexity index is 487. The predicted molar refractivity (Wildman–Crippen MR) is 78.9 cm³/mol. The molecule has 0 radical (unpaired) electrons. The number of carbonyl (C=O) groups is 2. The van der Waals surface area contributed by atoms with Crippen LogP contribution < -0.4 is 0 Å². The summed E-state index contributed by atoms with van der Waals surface area (Å²) in [6, 6.07) is 0. The van der Waals surface area contributed by atoms with Crippen molar-refractivity contribution in [2.75, 3.05) is 26.2 Å². The molecule has 0 bridgehead atoms. The minimum atomic E-state index is 0.0491. The van der Waals surface area contributed by atoms with Crippen molar-refractivity contribution in [2.45, 2.75) is 33.1 Å². The zero-order chi connectivity index (χ0) is 14.5. The molecule has 2 amide bonds. The zero-order valence-corrected chi connectivity index (χ0v) is 12.9. The number of aryl methyl sites for hydroxylation is 1. The predicted octanol–water partition coefficient (Wildman–Crippen LogP) is 1.79. The van der Waals surface area contributed by atoms with E-state index < -0.39 is 0 Å². The van der Waals surface area contributed by atoms with Crippen LogP contribution in [0.5, 0.6) is 0 Å². The lowest BCUT2D eigenvalue weighted by molar-refractivity contribution is -0.130. The minimum Gasteiger partial charge on any atom is -0.341 e. The van der Waals surface area contributed by atoms with Crippen molar-refractivity contribution in [2.24, 2.45) is 0 Å². The van der Waals surface area contributed by atoms with Crippen LogP contribution in [0.25, 0.3) is 0 Å². The summed E-state index contributed by atoms with van der Waals surface area (Å²) in [4.78, 5) is 32.8. The van der Waals surface area contributed by atoms with Gasteiger partial charge in [0.1, 0.15) is 4.88 Å². The Hall–Kier alpha value is -1.43. The third-order valence-electron chi connectivity index (χ3n) is 3.51. The number of hydrogen-bond acceptors (Lipinski definition) is 4. The van der Waals surface area contributed by atoms with E-state index >= 15 is 0 Å². The topological polar surface area (TPSA) is 53.5 Å². The summed E-state index contributed by atoms with van der Waals surface area (Å²) in [5.74, 6) is 0.221. The van der Waals surface area contributed by atoms with Crippen molar-refractivity contribution in [1.82, 2.24) is 14.8 Å². The number of rotatable bonds is 3. The summed E-state index contributed by atoms with van der Waals surface area (Å²) >= 11 is 1.47. The van der Waals surface area contributed by atoms with Crippen LogP contribution in [0, 0.1) is 0 Å². The third-order valence-corrected chi connectivity index (χ3v) is 4.63. The first-order chi connectivity index (χ1) is 9.65. The molecule has 0 saturated carbocycles. The highest BCUT2D eigenvalue weighted by molar-refractivity contribution is 7.13. The van der Waals surface area contributed by atoms with E-state index in [2.05, 4.69) is 4.98 Å². The quantitative estimate of drug-likeness (QED) is 0.854. The molecule has 2 heterocycles. The van der Waals surface area contributed by atoms with Crippen LogP contribution in [0.2, 0.25) is 0 Å². The number of aromatic nitrogens is 1. The highest BCUT2D eigenvalue weighted by Crippen LogP contribution is 2.17. The second kappa shape index (κ2) is 6.83. The van der Waals surface area contributed by atoms with Crippen LogP contribution in [0.15, 0.2) is 6.20 Å². The lowest BCUT2D eigenvalue weighted by Crippen LogP contribution is -2.36. The molecule has 110 valence electrons. The van der Waals surface area contributed by atoms with Gasteiger partial charge in [-0.25, -0.2) is 4.98 Å². The van der Waals surface area contributed by atoms with Gasteiger partial charge in [0, 0.05) is 32.6 Å². The summed E-state index contributed by atoms with van der Waals surface area (Å²) in [7, 11) is 0. The Morgan fingerprint density at radius 2 is 1.90 bits per heavy atom. The molecule has 5 nitrogen and oxygen atoms in total. The average molecular weight is 295 g/mol. The molecule has 6 heteroatoms. The molecule has 0 spiro atoms. The Kier molecular flexibility index (Phi) is 5.11. The first-order valence-corrected chi connectivity index (χ1v) is 7.99. The number of nitrogens with zero attached hydrogens (tertiary/aromatic N) is 3. The molecule has 0 atom stereocenters. The maximum atomic E-state index is 12.4. The molecule has 0 aliphatic carbocycles. The smallest absolute Gasteiger partial charge is 0.265 e. The average Bonchev–Trinajstić information content (AvgIpc) is 2.82. The Morgan fingerprint density at radius 1 is 1.20 bits per heavy atom. The SMILES string of the molecule is CCC(=O)N1CCCN(C(=O)c2cnc(CC)s2)CC1. The maximum absolute atomic E-state index is 12.4. The normalized spacial score (nSPS) is 16.1. The Morgan fingerprint density at radius 3 is 2.55 bits per heavy atom. The Labute approximate surface area is 123 Å². The summed E-state index contributed by atoms with van der Waals surface area (Å²) in [6.45, 7) is 6.62. The lowest BCUT2D eigenvalue weighted by atomic mass is 10.3. The van der Waals surface area contributed by atoms with Crippen molar-refractivity contribution in [1.29, 1.82) is 0 Å². The van der Waals surface area contributed by atoms with Crippen LogP contribution in [-0.2, 0) is 11.2 Å². The van der Waals surface area contributed by atoms with E-state index in [0.29, 0.717) is 30.9 Å². The van der Waals surface area contributed by atoms with E-state index in [1.807, 2.05) is 23.6 Å². The highest BCUT2D eigenvalue weighted by atomic mass is 32.1. The maximum Gasteiger partial charge on any atom is 0.265 e. The molecule has 1 aromatic heterocycles. The van der Waals surface area contributed by atoms with Crippen LogP contribution in [0.3, 0.4) is 0 Å². The Balaban J connectivity index is 1.99. The second-order valence-corrected chi connectivity index (χ2v) is 5.97. The molecule has 1 aliphatic heterocycles. The molecule has 0 aromatic carbocycles. The van der Waals surface area contributed by atoms with E-state index in [1.165, 1.54) is 11.3 Å². The molecular formula is C14H21N3O2S. The molecule has 1 fully saturated rings. The monoisotopic (exact) mass is 295 g/mol. The third kappa shape index (κ3) is 3.36. The molecule has 0 unspecified atom stereocenters. The number of carbonyl (C=O) groups excluding carboxylic acids is 2. The molecule has 1 saturated heterocycles. The van der Waals surface area contributed by atoms with Crippen molar-refractivity contribution < 1.29 is 9.59 Å². The second-order valence-electron chi connectivity index (χ2n) is 4.85. The summed E-state index contributed by atoms with van der Waals surface area (Å²) in [6.07, 6.45) is 3.90. The van der Waals surface area contributed by atoms with Crippen molar-refractivity contribution >= 4 is 23.2 Å². The van der Waals surface area contributed by atoms with E-state index in [1.54, 1.807) is 6.20 Å². The lowest BCUT2D eigenvalue weighted by Gasteiger charge is -2.21. The molecule has 0 N–H and O–H groups in total. The number of amides is 2. The molecule has 1 aliphatic rings. The fourth-order valence-electron chi connectivity index (χ4n) is 2.32. The van der Waals surface area contributed by atoms with Crippen LogP contribution in [0.4, 0.5) is 0 Å². The van der Waals surface area contributed by atoms with Gasteiger partial charge in [0.15, 0.2) is 0 Å². The number of hydrogen-bond donors (Lipinski definition) is 0. The van der Waals surface area contributed by atoms with Gasteiger partial charge in [0.05, 0.1) is 11.2 Å². The van der Waals surface area contributed by atoms with Crippen molar-refractivity contribution in [3.05, 3.63) is 16.1 Å². The fraction of sp³-hybridized carbons (Fsp3) is 0.643. The minimum absolute atomic E-state index is 0.0491. The van der Waals surface area contributed by atoms with Gasteiger partial charge in [0.25, 0.3) is 5.91 Å². The van der Waals surface area contributed by atoms with Gasteiger partial charge in [-0.3, -0.25) is 9.59 Å². The summed E-state index contributed by atoms with van der Waals surface area (Å²) < 4.78 is 0. The van der Waals surface area contributed by atoms with Gasteiger partial charge in [-0.2, -0.15) is 0 Å². The first-order valence-electron chi connectivity index (χ1n) is 7.17. The molecule has 1 aromatic rings. The molecule has 20 heavy (non-hydrogen) atoms. The zero-order valence-electron chi connectivity index (χ0n) is 12.1. The van der Waals surface area contributed by atoms with Crippen LogP contribution >= 0.6 is 11.3 Å². The standard InChI is InChI=1S/C14H21N3O2S/c1-3-12-15-10-11(20-12)14(19)17-7-5-6-16(8-9-17)13(18)4-2/h10H,3-9H2,1-2H3. The summed E-state index contributed by atoms with van der Waals surface area (Å²) in [5.41, 5.74) is 0. The molecular weight excluding hydrogens is 274 g/mol. The van der Waals surface area contributed by atoms with Gasteiger partial charge < -0.3 is 9.80 Å². The van der Waals surface area contributed by atoms with E-state index in [-0.39, 0.29) is 11.8 Å². The van der Waals surface area contributed by atoms with E-state index in [0.717, 1.165) is 24.4 Å². The fourth-order valence-corrected chi connectivity index (χ4v) is 3.15. The summed E-state index contributed by atoms with van der Waals surface area (Å²) in [5, 5.41) is 0.992. The van der Waals surface area contributed by atoms with Crippen LogP contribution in [0.1, 0.15) is 41.4 Å². The van der Waals surface area contributed by atoms with Crippen molar-refractivity contribution in [3.8, 4) is 0 Å². The van der Waals surface area contributed by atoms with E-state index in [4.69, 9.17) is 0 Å². The van der Waals surface area contributed by atoms with Gasteiger partial charge in [0.2, 0.25) is 5.91 Å². The largest absolute Gasteiger partial charge is 0.341 e. The highest BCUT2D eigenvalue weighted by Gasteiger charge is 2.23. The first kappa shape index (κ1) is 15.0. The number of thiazole rings is 1. The van der Waals surface area contributed by atoms with E-state index in [9.17, 15) is 9.59 Å². The van der Waals surface area contributed by atoms with Gasteiger partial charge in [-0.05, 0) is 12.8 Å². The van der Waals surface area contributed by atoms with Gasteiger partial charge in [-0.15, -0.1) is 11.3 Å². The van der Waals surface area contributed by atoms with Gasteiger partial charge >= 0.3 is 0 Å². The molecule has 2 rings (SSSR count). The van der Waals surface area contributed by atoms with Gasteiger partial charge in [-0.1, -0.05) is 13.8 Å².